The maximum Gasteiger partial charge on any atom is 0.333 e. The Morgan fingerprint density at radius 2 is 1.30 bits per heavy atom. The first kappa shape index (κ1) is 26.7. The first-order valence-electron chi connectivity index (χ1n) is 9.87. The Bertz CT molecular complexity index is 528. The second-order valence-corrected chi connectivity index (χ2v) is 27.1. The molecule has 0 unspecified atom stereocenters. The molecular formula is C19H42O4Si4. The normalized spacial score (nSPS) is 13.4. The van der Waals surface area contributed by atoms with Gasteiger partial charge in [-0.1, -0.05) is 12.3 Å². The fourth-order valence-corrected chi connectivity index (χ4v) is 22.1. The third kappa shape index (κ3) is 12.7. The summed E-state index contributed by atoms with van der Waals surface area (Å²) in [4.78, 5) is 11.4. The van der Waals surface area contributed by atoms with Crippen molar-refractivity contribution in [2.24, 2.45) is 0 Å². The van der Waals surface area contributed by atoms with Crippen LogP contribution in [0.15, 0.2) is 24.4 Å². The molecule has 158 valence electrons. The molecule has 0 aromatic rings. The molecule has 0 bridgehead atoms. The van der Waals surface area contributed by atoms with Crippen LogP contribution in [0.3, 0.4) is 0 Å². The predicted molar refractivity (Wildman–Crippen MR) is 127 cm³/mol. The van der Waals surface area contributed by atoms with E-state index in [1.54, 1.807) is 6.92 Å². The monoisotopic (exact) mass is 446 g/mol. The maximum atomic E-state index is 11.4. The SMILES string of the molecule is C=C[Si](C)(C)O[Si](C)(C)CC[Si](C)(C)O[Si](C)(C)CCCOC(=O)C(=C)C. The summed E-state index contributed by atoms with van der Waals surface area (Å²) < 4.78 is 18.4. The van der Waals surface area contributed by atoms with E-state index in [0.29, 0.717) is 12.2 Å². The number of rotatable bonds is 13. The molecule has 0 saturated heterocycles. The van der Waals surface area contributed by atoms with Gasteiger partial charge in [0.1, 0.15) is 0 Å². The number of esters is 1. The predicted octanol–water partition coefficient (Wildman–Crippen LogP) is 6.07. The van der Waals surface area contributed by atoms with Gasteiger partial charge < -0.3 is 13.0 Å². The Hall–Kier alpha value is -0.262. The minimum absolute atomic E-state index is 0.303. The summed E-state index contributed by atoms with van der Waals surface area (Å²) in [6, 6.07) is 3.27. The van der Waals surface area contributed by atoms with Gasteiger partial charge in [0.05, 0.1) is 6.61 Å². The van der Waals surface area contributed by atoms with E-state index < -0.39 is 33.3 Å². The zero-order valence-electron chi connectivity index (χ0n) is 19.2. The van der Waals surface area contributed by atoms with Crippen LogP contribution < -0.4 is 0 Å². The highest BCUT2D eigenvalue weighted by Crippen LogP contribution is 2.28. The molecule has 0 aromatic heterocycles. The van der Waals surface area contributed by atoms with Crippen molar-refractivity contribution < 1.29 is 17.8 Å². The van der Waals surface area contributed by atoms with Crippen molar-refractivity contribution in [1.82, 2.24) is 0 Å². The molecule has 27 heavy (non-hydrogen) atoms. The van der Waals surface area contributed by atoms with Crippen LogP contribution in [-0.2, 0) is 17.8 Å². The van der Waals surface area contributed by atoms with Crippen LogP contribution in [0.2, 0.25) is 70.5 Å². The molecule has 0 fully saturated rings. The van der Waals surface area contributed by atoms with Gasteiger partial charge >= 0.3 is 5.97 Å². The van der Waals surface area contributed by atoms with E-state index in [9.17, 15) is 4.79 Å². The summed E-state index contributed by atoms with van der Waals surface area (Å²) >= 11 is 0. The van der Waals surface area contributed by atoms with E-state index >= 15 is 0 Å². The Labute approximate surface area is 171 Å². The van der Waals surface area contributed by atoms with Gasteiger partial charge in [-0.25, -0.2) is 4.79 Å². The molecule has 0 aromatic carbocycles. The molecule has 0 spiro atoms. The lowest BCUT2D eigenvalue weighted by molar-refractivity contribution is -0.138. The van der Waals surface area contributed by atoms with Crippen LogP contribution in [-0.4, -0.2) is 45.8 Å². The van der Waals surface area contributed by atoms with E-state index in [4.69, 9.17) is 13.0 Å². The standard InChI is InChI=1S/C19H42O4Si4/c1-12-24(4,5)22-26(8,9)16-17-27(10,11)23-25(6,7)15-13-14-21-19(20)18(2)3/h12H,1-2,13-17H2,3-11H3. The summed E-state index contributed by atoms with van der Waals surface area (Å²) in [6.45, 7) is 27.9. The molecule has 8 heteroatoms. The van der Waals surface area contributed by atoms with Crippen LogP contribution in [0.5, 0.6) is 0 Å². The summed E-state index contributed by atoms with van der Waals surface area (Å²) in [5, 5.41) is 0. The van der Waals surface area contributed by atoms with Gasteiger partial charge in [-0.05, 0) is 83.9 Å². The zero-order chi connectivity index (χ0) is 21.5. The first-order valence-corrected chi connectivity index (χ1v) is 22.2. The van der Waals surface area contributed by atoms with Crippen molar-refractivity contribution in [3.63, 3.8) is 0 Å². The van der Waals surface area contributed by atoms with Crippen LogP contribution in [0.1, 0.15) is 13.3 Å². The maximum absolute atomic E-state index is 11.4. The summed E-state index contributed by atoms with van der Waals surface area (Å²) in [5.74, 6) is -0.303. The zero-order valence-corrected chi connectivity index (χ0v) is 23.2. The van der Waals surface area contributed by atoms with Gasteiger partial charge in [0, 0.05) is 5.57 Å². The lowest BCUT2D eigenvalue weighted by Gasteiger charge is -2.37. The number of carbonyl (C=O) groups is 1. The highest BCUT2D eigenvalue weighted by atomic mass is 28.4. The van der Waals surface area contributed by atoms with Crippen LogP contribution in [0, 0.1) is 0 Å². The van der Waals surface area contributed by atoms with E-state index in [1.165, 1.54) is 0 Å². The molecule has 0 aliphatic heterocycles. The fourth-order valence-electron chi connectivity index (χ4n) is 3.04. The second kappa shape index (κ2) is 10.5. The van der Waals surface area contributed by atoms with E-state index in [2.05, 4.69) is 65.5 Å². The molecule has 0 amide bonds. The highest BCUT2D eigenvalue weighted by molar-refractivity contribution is 6.89. The lowest BCUT2D eigenvalue weighted by Crippen LogP contribution is -2.47. The largest absolute Gasteiger partial charge is 0.462 e. The van der Waals surface area contributed by atoms with Gasteiger partial charge in [0.2, 0.25) is 0 Å². The molecule has 0 N–H and O–H groups in total. The van der Waals surface area contributed by atoms with Crippen molar-refractivity contribution in [3.05, 3.63) is 24.4 Å². The molecule has 0 atom stereocenters. The summed E-state index contributed by atoms with van der Waals surface area (Å²) in [5.41, 5.74) is 2.48. The van der Waals surface area contributed by atoms with Crippen LogP contribution in [0.25, 0.3) is 0 Å². The van der Waals surface area contributed by atoms with Gasteiger partial charge in [-0.15, -0.1) is 6.58 Å². The number of hydrogen-bond acceptors (Lipinski definition) is 4. The Balaban J connectivity index is 4.51. The average Bonchev–Trinajstić information content (AvgIpc) is 2.47. The molecule has 4 nitrogen and oxygen atoms in total. The third-order valence-corrected chi connectivity index (χ3v) is 19.1. The van der Waals surface area contributed by atoms with Crippen molar-refractivity contribution in [1.29, 1.82) is 0 Å². The van der Waals surface area contributed by atoms with Crippen molar-refractivity contribution in [2.45, 2.75) is 83.9 Å². The Morgan fingerprint density at radius 1 is 0.852 bits per heavy atom. The number of carbonyl (C=O) groups excluding carboxylic acids is 1. The van der Waals surface area contributed by atoms with Crippen LogP contribution >= 0.6 is 0 Å². The highest BCUT2D eigenvalue weighted by Gasteiger charge is 2.37. The minimum Gasteiger partial charge on any atom is -0.462 e. The van der Waals surface area contributed by atoms with E-state index in [0.717, 1.165) is 24.6 Å². The van der Waals surface area contributed by atoms with Crippen molar-refractivity contribution >= 4 is 39.2 Å². The minimum atomic E-state index is -1.77. The molecular weight excluding hydrogens is 405 g/mol. The summed E-state index contributed by atoms with van der Waals surface area (Å²) in [7, 11) is -6.96. The smallest absolute Gasteiger partial charge is 0.333 e. The second-order valence-electron chi connectivity index (χ2n) is 9.81. The van der Waals surface area contributed by atoms with Gasteiger partial charge in [0.15, 0.2) is 33.3 Å². The van der Waals surface area contributed by atoms with Crippen molar-refractivity contribution in [3.8, 4) is 0 Å². The topological polar surface area (TPSA) is 44.8 Å². The number of ether oxygens (including phenoxy) is 1. The summed E-state index contributed by atoms with van der Waals surface area (Å²) in [6.07, 6.45) is 0.852. The van der Waals surface area contributed by atoms with Crippen molar-refractivity contribution in [2.75, 3.05) is 6.61 Å². The molecule has 0 rings (SSSR count). The van der Waals surface area contributed by atoms with Gasteiger partial charge in [0.25, 0.3) is 0 Å². The van der Waals surface area contributed by atoms with E-state index in [-0.39, 0.29) is 5.97 Å². The van der Waals surface area contributed by atoms with Gasteiger partial charge in [-0.3, -0.25) is 0 Å². The molecule has 0 aliphatic carbocycles. The quantitative estimate of drug-likeness (QED) is 0.149. The lowest BCUT2D eigenvalue weighted by atomic mass is 10.4. The van der Waals surface area contributed by atoms with Gasteiger partial charge in [-0.2, -0.15) is 0 Å². The van der Waals surface area contributed by atoms with Crippen LogP contribution in [0.4, 0.5) is 0 Å². The molecule has 0 aliphatic rings. The fraction of sp³-hybridized carbons (Fsp3) is 0.737. The average molecular weight is 447 g/mol. The molecule has 0 saturated carbocycles. The first-order chi connectivity index (χ1) is 12.0. The third-order valence-electron chi connectivity index (χ3n) is 4.42. The Kier molecular flexibility index (Phi) is 10.4. The van der Waals surface area contributed by atoms with E-state index in [1.807, 2.05) is 5.70 Å². The Morgan fingerprint density at radius 3 is 1.74 bits per heavy atom. The number of hydrogen-bond donors (Lipinski definition) is 0. The molecule has 0 radical (unpaired) electrons. The molecule has 0 heterocycles.